The van der Waals surface area contributed by atoms with Crippen LogP contribution in [-0.4, -0.2) is 12.1 Å². The molecule has 2 aromatic rings. The third-order valence-corrected chi connectivity index (χ3v) is 3.36. The molecule has 0 saturated carbocycles. The van der Waals surface area contributed by atoms with Gasteiger partial charge >= 0.3 is 0 Å². The molecule has 21 heavy (non-hydrogen) atoms. The molecule has 6 heteroatoms. The van der Waals surface area contributed by atoms with Crippen LogP contribution in [0.3, 0.4) is 0 Å². The number of halogens is 2. The second-order valence-electron chi connectivity index (χ2n) is 4.26. The molecule has 0 atom stereocenters. The Labute approximate surface area is 132 Å². The fourth-order valence-corrected chi connectivity index (χ4v) is 2.26. The average molecular weight is 326 g/mol. The minimum absolute atomic E-state index is 0.197. The lowest BCUT2D eigenvalue weighted by Gasteiger charge is -2.09. The van der Waals surface area contributed by atoms with Crippen LogP contribution in [0.2, 0.25) is 5.02 Å². The molecule has 0 aliphatic heterocycles. The monoisotopic (exact) mass is 325 g/mol. The minimum Gasteiger partial charge on any atom is -0.494 e. The number of ether oxygens (including phenoxy) is 2. The largest absolute Gasteiger partial charge is 0.494 e. The maximum Gasteiger partial charge on any atom is 0.165 e. The summed E-state index contributed by atoms with van der Waals surface area (Å²) in [4.78, 5) is 0.226. The molecule has 0 spiro atoms. The van der Waals surface area contributed by atoms with Crippen molar-refractivity contribution in [1.29, 1.82) is 0 Å². The number of hydrogen-bond donors (Lipinski definition) is 1. The van der Waals surface area contributed by atoms with E-state index in [-0.39, 0.29) is 17.3 Å². The molecule has 0 aromatic heterocycles. The van der Waals surface area contributed by atoms with Gasteiger partial charge < -0.3 is 15.2 Å². The Hall–Kier alpha value is -1.85. The number of rotatable bonds is 5. The van der Waals surface area contributed by atoms with Crippen LogP contribution in [-0.2, 0) is 6.61 Å². The minimum atomic E-state index is -0.430. The number of thiocarbonyl (C=S) groups is 1. The topological polar surface area (TPSA) is 44.5 Å². The van der Waals surface area contributed by atoms with Crippen LogP contribution >= 0.6 is 23.8 Å². The lowest BCUT2D eigenvalue weighted by molar-refractivity contribution is 0.304. The maximum atomic E-state index is 13.6. The molecule has 0 aliphatic rings. The van der Waals surface area contributed by atoms with Gasteiger partial charge in [0.05, 0.1) is 12.1 Å². The van der Waals surface area contributed by atoms with Gasteiger partial charge in [-0.2, -0.15) is 0 Å². The molecule has 0 heterocycles. The molecule has 0 aliphatic carbocycles. The Kier molecular flexibility index (Phi) is 4.98. The summed E-state index contributed by atoms with van der Waals surface area (Å²) < 4.78 is 24.0. The lowest BCUT2D eigenvalue weighted by Crippen LogP contribution is -2.09. The van der Waals surface area contributed by atoms with Crippen LogP contribution in [0.4, 0.5) is 4.39 Å². The van der Waals surface area contributed by atoms with Crippen LogP contribution < -0.4 is 15.2 Å². The third-order valence-electron chi connectivity index (χ3n) is 2.83. The van der Waals surface area contributed by atoms with Gasteiger partial charge in [0.1, 0.15) is 17.3 Å². The zero-order valence-electron chi connectivity index (χ0n) is 11.2. The van der Waals surface area contributed by atoms with E-state index < -0.39 is 5.82 Å². The van der Waals surface area contributed by atoms with E-state index in [1.807, 2.05) is 0 Å². The van der Waals surface area contributed by atoms with Crippen LogP contribution in [0.15, 0.2) is 36.4 Å². The molecule has 2 rings (SSSR count). The highest BCUT2D eigenvalue weighted by molar-refractivity contribution is 7.80. The molecule has 0 saturated heterocycles. The van der Waals surface area contributed by atoms with E-state index in [9.17, 15) is 4.39 Å². The normalized spacial score (nSPS) is 10.2. The predicted molar refractivity (Wildman–Crippen MR) is 84.6 cm³/mol. The van der Waals surface area contributed by atoms with Gasteiger partial charge in [0, 0.05) is 5.56 Å². The van der Waals surface area contributed by atoms with Gasteiger partial charge in [-0.05, 0) is 35.9 Å². The van der Waals surface area contributed by atoms with E-state index in [1.54, 1.807) is 30.3 Å². The van der Waals surface area contributed by atoms with Crippen LogP contribution in [0, 0.1) is 5.82 Å². The standard InChI is InChI=1S/C15H13ClFNO2S/c1-19-14-5-2-9(6-13(14)17)8-20-10-3-4-11(15(18)21)12(16)7-10/h2-7H,8H2,1H3,(H2,18,21). The van der Waals surface area contributed by atoms with E-state index in [1.165, 1.54) is 13.2 Å². The van der Waals surface area contributed by atoms with Crippen LogP contribution in [0.5, 0.6) is 11.5 Å². The summed E-state index contributed by atoms with van der Waals surface area (Å²) in [6.45, 7) is 0.212. The Balaban J connectivity index is 2.08. The zero-order chi connectivity index (χ0) is 15.4. The number of benzene rings is 2. The van der Waals surface area contributed by atoms with Gasteiger partial charge in [-0.15, -0.1) is 0 Å². The summed E-state index contributed by atoms with van der Waals surface area (Å²) >= 11 is 10.9. The Morgan fingerprint density at radius 1 is 1.29 bits per heavy atom. The van der Waals surface area contributed by atoms with Gasteiger partial charge in [0.2, 0.25) is 0 Å². The second-order valence-corrected chi connectivity index (χ2v) is 5.11. The first-order valence-electron chi connectivity index (χ1n) is 6.06. The van der Waals surface area contributed by atoms with Crippen molar-refractivity contribution in [2.45, 2.75) is 6.61 Å². The molecule has 0 amide bonds. The van der Waals surface area contributed by atoms with Crippen molar-refractivity contribution in [2.75, 3.05) is 7.11 Å². The summed E-state index contributed by atoms with van der Waals surface area (Å²) in [5.74, 6) is 0.319. The highest BCUT2D eigenvalue weighted by Crippen LogP contribution is 2.24. The summed E-state index contributed by atoms with van der Waals surface area (Å²) in [6, 6.07) is 9.67. The quantitative estimate of drug-likeness (QED) is 0.851. The first-order valence-corrected chi connectivity index (χ1v) is 6.84. The molecule has 2 N–H and O–H groups in total. The predicted octanol–water partition coefficient (Wildman–Crippen LogP) is 3.70. The fourth-order valence-electron chi connectivity index (χ4n) is 1.75. The van der Waals surface area contributed by atoms with E-state index in [4.69, 9.17) is 39.0 Å². The second kappa shape index (κ2) is 6.74. The average Bonchev–Trinajstić information content (AvgIpc) is 2.45. The van der Waals surface area contributed by atoms with Gasteiger partial charge in [0.25, 0.3) is 0 Å². The first-order chi connectivity index (χ1) is 10.0. The molecular formula is C15H13ClFNO2S. The number of methoxy groups -OCH3 is 1. The van der Waals surface area contributed by atoms with Crippen molar-refractivity contribution in [3.8, 4) is 11.5 Å². The Morgan fingerprint density at radius 3 is 2.62 bits per heavy atom. The SMILES string of the molecule is COc1ccc(COc2ccc(C(N)=S)c(Cl)c2)cc1F. The summed E-state index contributed by atoms with van der Waals surface area (Å²) in [5.41, 5.74) is 6.80. The van der Waals surface area contributed by atoms with Crippen LogP contribution in [0.25, 0.3) is 0 Å². The van der Waals surface area contributed by atoms with E-state index in [0.29, 0.717) is 21.9 Å². The lowest BCUT2D eigenvalue weighted by atomic mass is 10.2. The fraction of sp³-hybridized carbons (Fsp3) is 0.133. The van der Waals surface area contributed by atoms with Gasteiger partial charge in [-0.1, -0.05) is 29.9 Å². The third kappa shape index (κ3) is 3.83. The highest BCUT2D eigenvalue weighted by Gasteiger charge is 2.07. The number of nitrogens with two attached hydrogens (primary N) is 1. The molecule has 0 fully saturated rings. The van der Waals surface area contributed by atoms with Crippen molar-refractivity contribution in [2.24, 2.45) is 5.73 Å². The van der Waals surface area contributed by atoms with Crippen molar-refractivity contribution >= 4 is 28.8 Å². The Morgan fingerprint density at radius 2 is 2.05 bits per heavy atom. The zero-order valence-corrected chi connectivity index (χ0v) is 12.8. The Bertz CT molecular complexity index is 679. The van der Waals surface area contributed by atoms with Crippen molar-refractivity contribution < 1.29 is 13.9 Å². The van der Waals surface area contributed by atoms with Crippen molar-refractivity contribution in [3.05, 3.63) is 58.4 Å². The van der Waals surface area contributed by atoms with E-state index in [2.05, 4.69) is 0 Å². The number of hydrogen-bond acceptors (Lipinski definition) is 3. The maximum absolute atomic E-state index is 13.6. The van der Waals surface area contributed by atoms with Crippen LogP contribution in [0.1, 0.15) is 11.1 Å². The highest BCUT2D eigenvalue weighted by atomic mass is 35.5. The van der Waals surface area contributed by atoms with Crippen molar-refractivity contribution in [3.63, 3.8) is 0 Å². The van der Waals surface area contributed by atoms with E-state index >= 15 is 0 Å². The smallest absolute Gasteiger partial charge is 0.165 e. The molecule has 2 aromatic carbocycles. The molecule has 0 radical (unpaired) electrons. The molecular weight excluding hydrogens is 313 g/mol. The molecule has 0 unspecified atom stereocenters. The van der Waals surface area contributed by atoms with Gasteiger partial charge in [-0.25, -0.2) is 4.39 Å². The molecule has 0 bridgehead atoms. The van der Waals surface area contributed by atoms with Crippen molar-refractivity contribution in [1.82, 2.24) is 0 Å². The first kappa shape index (κ1) is 15.5. The van der Waals surface area contributed by atoms with Gasteiger partial charge in [0.15, 0.2) is 11.6 Å². The summed E-state index contributed by atoms with van der Waals surface area (Å²) in [7, 11) is 1.42. The molecule has 110 valence electrons. The van der Waals surface area contributed by atoms with E-state index in [0.717, 1.165) is 0 Å². The van der Waals surface area contributed by atoms with Gasteiger partial charge in [-0.3, -0.25) is 0 Å². The summed E-state index contributed by atoms with van der Waals surface area (Å²) in [6.07, 6.45) is 0. The molecule has 3 nitrogen and oxygen atoms in total. The summed E-state index contributed by atoms with van der Waals surface area (Å²) in [5, 5.41) is 0.418.